The molecule has 0 aromatic heterocycles. The molecule has 0 spiro atoms. The molecular weight excluding hydrogens is 523 g/mol. The number of carbonyl (C=O) groups is 1. The maximum absolute atomic E-state index is 13.5. The third kappa shape index (κ3) is 4.95. The number of hydrazone groups is 1. The van der Waals surface area contributed by atoms with Gasteiger partial charge in [-0.3, -0.25) is 14.7 Å². The molecule has 1 saturated heterocycles. The largest absolute Gasteiger partial charge is 0.335 e. The van der Waals surface area contributed by atoms with Crippen molar-refractivity contribution in [2.45, 2.75) is 44.2 Å². The van der Waals surface area contributed by atoms with E-state index in [1.165, 1.54) is 25.7 Å². The molecule has 1 aliphatic carbocycles. The summed E-state index contributed by atoms with van der Waals surface area (Å²) < 4.78 is 1.01. The van der Waals surface area contributed by atoms with Crippen LogP contribution in [0.1, 0.15) is 43.7 Å². The van der Waals surface area contributed by atoms with Crippen molar-refractivity contribution in [1.82, 2.24) is 9.80 Å². The number of benzene rings is 2. The molecule has 1 amide bonds. The highest BCUT2D eigenvalue weighted by atomic mass is 79.9. The van der Waals surface area contributed by atoms with Gasteiger partial charge < -0.3 is 4.90 Å². The second kappa shape index (κ2) is 9.95. The van der Waals surface area contributed by atoms with Gasteiger partial charge in [-0.15, -0.1) is 0 Å². The third-order valence-electron chi connectivity index (χ3n) is 7.01. The van der Waals surface area contributed by atoms with Gasteiger partial charge in [-0.25, -0.2) is 0 Å². The Hall–Kier alpha value is -1.60. The molecule has 33 heavy (non-hydrogen) atoms. The van der Waals surface area contributed by atoms with Crippen LogP contribution in [-0.4, -0.2) is 53.6 Å². The first-order chi connectivity index (χ1) is 16.0. The summed E-state index contributed by atoms with van der Waals surface area (Å²) in [6, 6.07) is 14.1. The SMILES string of the molecule is O=C(C1=NN(c2ccc(Cl)cc2Cl)C(c2ccc(Br)cc2)C1)N1CCN(C2CCCC2)CC1. The van der Waals surface area contributed by atoms with Crippen LogP contribution in [0.2, 0.25) is 10.0 Å². The molecule has 174 valence electrons. The maximum atomic E-state index is 13.5. The number of hydrogen-bond acceptors (Lipinski definition) is 4. The van der Waals surface area contributed by atoms with Gasteiger partial charge >= 0.3 is 0 Å². The zero-order valence-electron chi connectivity index (χ0n) is 18.4. The topological polar surface area (TPSA) is 39.2 Å². The smallest absolute Gasteiger partial charge is 0.270 e. The van der Waals surface area contributed by atoms with Crippen molar-refractivity contribution in [2.24, 2.45) is 5.10 Å². The highest BCUT2D eigenvalue weighted by molar-refractivity contribution is 9.10. The molecule has 0 N–H and O–H groups in total. The van der Waals surface area contributed by atoms with Gasteiger partial charge in [-0.2, -0.15) is 5.10 Å². The van der Waals surface area contributed by atoms with Gasteiger partial charge in [-0.05, 0) is 48.7 Å². The molecule has 2 aromatic rings. The van der Waals surface area contributed by atoms with Crippen molar-refractivity contribution in [1.29, 1.82) is 0 Å². The van der Waals surface area contributed by atoms with Crippen LogP contribution >= 0.6 is 39.1 Å². The maximum Gasteiger partial charge on any atom is 0.270 e. The highest BCUT2D eigenvalue weighted by Crippen LogP contribution is 2.40. The van der Waals surface area contributed by atoms with Crippen LogP contribution in [0.4, 0.5) is 5.69 Å². The van der Waals surface area contributed by atoms with Crippen molar-refractivity contribution >= 4 is 56.4 Å². The van der Waals surface area contributed by atoms with Gasteiger partial charge in [0.15, 0.2) is 0 Å². The summed E-state index contributed by atoms with van der Waals surface area (Å²) in [7, 11) is 0. The molecule has 5 nitrogen and oxygen atoms in total. The Morgan fingerprint density at radius 3 is 2.33 bits per heavy atom. The monoisotopic (exact) mass is 548 g/mol. The number of amides is 1. The second-order valence-electron chi connectivity index (χ2n) is 9.02. The molecule has 8 heteroatoms. The minimum Gasteiger partial charge on any atom is -0.335 e. The third-order valence-corrected chi connectivity index (χ3v) is 8.08. The minimum atomic E-state index is -0.101. The zero-order valence-corrected chi connectivity index (χ0v) is 21.5. The number of carbonyl (C=O) groups excluding carboxylic acids is 1. The Bertz CT molecular complexity index is 1050. The van der Waals surface area contributed by atoms with E-state index in [-0.39, 0.29) is 11.9 Å². The fraction of sp³-hybridized carbons (Fsp3) is 0.440. The van der Waals surface area contributed by atoms with Crippen molar-refractivity contribution < 1.29 is 4.79 Å². The minimum absolute atomic E-state index is 0.0377. The van der Waals surface area contributed by atoms with Gasteiger partial charge in [0.25, 0.3) is 5.91 Å². The molecule has 2 fully saturated rings. The number of piperazine rings is 1. The first-order valence-electron chi connectivity index (χ1n) is 11.6. The molecule has 2 aliphatic heterocycles. The van der Waals surface area contributed by atoms with E-state index in [4.69, 9.17) is 28.3 Å². The molecule has 0 bridgehead atoms. The number of hydrogen-bond donors (Lipinski definition) is 0. The Balaban J connectivity index is 1.36. The van der Waals surface area contributed by atoms with Gasteiger partial charge in [0.1, 0.15) is 5.71 Å². The fourth-order valence-corrected chi connectivity index (χ4v) is 5.97. The van der Waals surface area contributed by atoms with Crippen LogP contribution in [-0.2, 0) is 4.79 Å². The van der Waals surface area contributed by atoms with Gasteiger partial charge in [0, 0.05) is 48.1 Å². The Morgan fingerprint density at radius 2 is 1.67 bits per heavy atom. The zero-order chi connectivity index (χ0) is 22.9. The van der Waals surface area contributed by atoms with E-state index < -0.39 is 0 Å². The van der Waals surface area contributed by atoms with Crippen molar-refractivity contribution in [3.05, 3.63) is 62.5 Å². The fourth-order valence-electron chi connectivity index (χ4n) is 5.22. The normalized spacial score (nSPS) is 22.2. The number of nitrogens with zero attached hydrogens (tertiary/aromatic N) is 4. The van der Waals surface area contributed by atoms with Crippen molar-refractivity contribution in [2.75, 3.05) is 31.2 Å². The summed E-state index contributed by atoms with van der Waals surface area (Å²) >= 11 is 16.2. The predicted molar refractivity (Wildman–Crippen MR) is 138 cm³/mol. The number of halogens is 3. The van der Waals surface area contributed by atoms with Gasteiger partial charge in [-0.1, -0.05) is 64.1 Å². The lowest BCUT2D eigenvalue weighted by Gasteiger charge is -2.38. The van der Waals surface area contributed by atoms with Crippen LogP contribution in [0.15, 0.2) is 52.0 Å². The summed E-state index contributed by atoms with van der Waals surface area (Å²) in [5.74, 6) is 0.0377. The first kappa shape index (κ1) is 23.2. The summed E-state index contributed by atoms with van der Waals surface area (Å²) in [4.78, 5) is 18.0. The Morgan fingerprint density at radius 1 is 0.970 bits per heavy atom. The molecule has 0 radical (unpaired) electrons. The Labute approximate surface area is 213 Å². The molecule has 2 aromatic carbocycles. The molecule has 1 saturated carbocycles. The summed E-state index contributed by atoms with van der Waals surface area (Å²) in [6.45, 7) is 3.43. The lowest BCUT2D eigenvalue weighted by Crippen LogP contribution is -2.52. The molecule has 3 aliphatic rings. The lowest BCUT2D eigenvalue weighted by atomic mass is 10.0. The standard InChI is InChI=1S/C25H27BrCl2N4O/c26-18-7-5-17(6-8-18)24-16-22(29-32(24)23-10-9-19(27)15-21(23)28)25(33)31-13-11-30(12-14-31)20-3-1-2-4-20/h5-10,15,20,24H,1-4,11-14,16H2. The van der Waals surface area contributed by atoms with E-state index in [1.54, 1.807) is 12.1 Å². The second-order valence-corrected chi connectivity index (χ2v) is 10.8. The predicted octanol–water partition coefficient (Wildman–Crippen LogP) is 6.15. The first-order valence-corrected chi connectivity index (χ1v) is 13.1. The summed E-state index contributed by atoms with van der Waals surface area (Å²) in [5.41, 5.74) is 2.42. The highest BCUT2D eigenvalue weighted by Gasteiger charge is 2.36. The number of anilines is 1. The Kier molecular flexibility index (Phi) is 6.98. The summed E-state index contributed by atoms with van der Waals surface area (Å²) in [6.07, 6.45) is 5.81. The molecule has 1 atom stereocenters. The van der Waals surface area contributed by atoms with E-state index >= 15 is 0 Å². The number of rotatable bonds is 4. The average molecular weight is 550 g/mol. The van der Waals surface area contributed by atoms with Crippen LogP contribution < -0.4 is 5.01 Å². The van der Waals surface area contributed by atoms with Gasteiger partial charge in [0.05, 0.1) is 16.8 Å². The lowest BCUT2D eigenvalue weighted by molar-refractivity contribution is -0.126. The van der Waals surface area contributed by atoms with Crippen LogP contribution in [0.5, 0.6) is 0 Å². The van der Waals surface area contributed by atoms with Crippen LogP contribution in [0.25, 0.3) is 0 Å². The summed E-state index contributed by atoms with van der Waals surface area (Å²) in [5, 5.41) is 7.78. The molecule has 1 unspecified atom stereocenters. The van der Waals surface area contributed by atoms with Crippen LogP contribution in [0, 0.1) is 0 Å². The van der Waals surface area contributed by atoms with E-state index in [0.717, 1.165) is 41.9 Å². The quantitative estimate of drug-likeness (QED) is 0.459. The van der Waals surface area contributed by atoms with E-state index in [0.29, 0.717) is 28.2 Å². The van der Waals surface area contributed by atoms with Crippen molar-refractivity contribution in [3.63, 3.8) is 0 Å². The van der Waals surface area contributed by atoms with E-state index in [2.05, 4.69) is 33.0 Å². The average Bonchev–Trinajstić information content (AvgIpc) is 3.50. The van der Waals surface area contributed by atoms with E-state index in [1.807, 2.05) is 28.1 Å². The van der Waals surface area contributed by atoms with Crippen molar-refractivity contribution in [3.8, 4) is 0 Å². The molecular formula is C25H27BrCl2N4O. The van der Waals surface area contributed by atoms with Gasteiger partial charge in [0.2, 0.25) is 0 Å². The molecule has 5 rings (SSSR count). The van der Waals surface area contributed by atoms with E-state index in [9.17, 15) is 4.79 Å². The van der Waals surface area contributed by atoms with Crippen LogP contribution in [0.3, 0.4) is 0 Å². The molecule has 2 heterocycles.